The molecular formula is C32H37N5O4S. The summed E-state index contributed by atoms with van der Waals surface area (Å²) in [4.78, 5) is 16.7. The van der Waals surface area contributed by atoms with E-state index in [0.717, 1.165) is 66.4 Å². The van der Waals surface area contributed by atoms with Crippen molar-refractivity contribution >= 4 is 27.1 Å². The number of aromatic nitrogens is 3. The number of H-pyrrole nitrogens is 2. The average Bonchev–Trinajstić information content (AvgIpc) is 3.65. The molecular weight excluding hydrogens is 550 g/mol. The fourth-order valence-electron chi connectivity index (χ4n) is 8.30. The van der Waals surface area contributed by atoms with E-state index in [1.54, 1.807) is 0 Å². The molecule has 42 heavy (non-hydrogen) atoms. The normalized spacial score (nSPS) is 24.5. The standard InChI is InChI=1S/C32H37N5O4S/c1-3-18-14-24-19(15-28(18)41-42(33,39)40)8-9-23-22(24)10-12-32(2)26(23)16-25-29(36-37-30(25)32)31(38)34-13-11-20-17-35-27-7-5-4-6-21(20)27/h4-7,14-15,17,22-23,26,35H,3,8-13,16H2,1-2H3,(H,34,38)(H,36,37)(H2,33,39,40). The van der Waals surface area contributed by atoms with Gasteiger partial charge in [-0.2, -0.15) is 18.7 Å². The van der Waals surface area contributed by atoms with Crippen LogP contribution >= 0.6 is 0 Å². The largest absolute Gasteiger partial charge is 0.380 e. The quantitative estimate of drug-likeness (QED) is 0.250. The molecule has 7 rings (SSSR count). The lowest BCUT2D eigenvalue weighted by Gasteiger charge is -2.49. The molecule has 1 saturated carbocycles. The van der Waals surface area contributed by atoms with Crippen LogP contribution < -0.4 is 14.6 Å². The molecule has 4 aromatic rings. The van der Waals surface area contributed by atoms with E-state index in [1.807, 2.05) is 31.3 Å². The van der Waals surface area contributed by atoms with Crippen LogP contribution in [0.4, 0.5) is 0 Å². The second-order valence-electron chi connectivity index (χ2n) is 12.5. The highest BCUT2D eigenvalue weighted by Gasteiger charge is 2.55. The van der Waals surface area contributed by atoms with E-state index in [9.17, 15) is 13.2 Å². The van der Waals surface area contributed by atoms with E-state index in [0.29, 0.717) is 42.2 Å². The van der Waals surface area contributed by atoms with E-state index in [2.05, 4.69) is 40.5 Å². The molecule has 4 unspecified atom stereocenters. The predicted octanol–water partition coefficient (Wildman–Crippen LogP) is 4.58. The summed E-state index contributed by atoms with van der Waals surface area (Å²) in [5.41, 5.74) is 8.29. The van der Waals surface area contributed by atoms with Crippen LogP contribution in [0.1, 0.15) is 83.0 Å². The molecule has 10 heteroatoms. The maximum atomic E-state index is 13.4. The molecule has 9 nitrogen and oxygen atoms in total. The van der Waals surface area contributed by atoms with Crippen LogP contribution in [0.5, 0.6) is 5.75 Å². The minimum Gasteiger partial charge on any atom is -0.371 e. The minimum atomic E-state index is -4.09. The van der Waals surface area contributed by atoms with E-state index >= 15 is 0 Å². The van der Waals surface area contributed by atoms with Gasteiger partial charge in [-0.1, -0.05) is 38.1 Å². The third-order valence-electron chi connectivity index (χ3n) is 10.3. The zero-order valence-electron chi connectivity index (χ0n) is 24.0. The van der Waals surface area contributed by atoms with Crippen molar-refractivity contribution < 1.29 is 17.4 Å². The summed E-state index contributed by atoms with van der Waals surface area (Å²) in [5.74, 6) is 1.52. The van der Waals surface area contributed by atoms with E-state index in [-0.39, 0.29) is 11.3 Å². The fraction of sp³-hybridized carbons (Fsp3) is 0.438. The molecule has 2 aromatic heterocycles. The monoisotopic (exact) mass is 587 g/mol. The van der Waals surface area contributed by atoms with Crippen molar-refractivity contribution in [1.29, 1.82) is 0 Å². The predicted molar refractivity (Wildman–Crippen MR) is 161 cm³/mol. The van der Waals surface area contributed by atoms with Gasteiger partial charge >= 0.3 is 10.3 Å². The van der Waals surface area contributed by atoms with Gasteiger partial charge < -0.3 is 14.5 Å². The number of nitrogens with two attached hydrogens (primary N) is 1. The fourth-order valence-corrected chi connectivity index (χ4v) is 8.70. The van der Waals surface area contributed by atoms with Gasteiger partial charge in [0.15, 0.2) is 0 Å². The molecule has 2 aromatic carbocycles. The maximum Gasteiger partial charge on any atom is 0.380 e. The summed E-state index contributed by atoms with van der Waals surface area (Å²) in [5, 5.41) is 17.4. The number of benzene rings is 2. The van der Waals surface area contributed by atoms with Crippen molar-refractivity contribution in [2.24, 2.45) is 17.0 Å². The summed E-state index contributed by atoms with van der Waals surface area (Å²) in [6.45, 7) is 4.88. The first-order valence-corrected chi connectivity index (χ1v) is 16.4. The molecule has 0 saturated heterocycles. The van der Waals surface area contributed by atoms with Gasteiger partial charge in [0.2, 0.25) is 0 Å². The van der Waals surface area contributed by atoms with Crippen LogP contribution in [0.25, 0.3) is 10.9 Å². The third kappa shape index (κ3) is 4.43. The highest BCUT2D eigenvalue weighted by molar-refractivity contribution is 7.84. The molecule has 3 aliphatic rings. The van der Waals surface area contributed by atoms with Crippen LogP contribution in [0.15, 0.2) is 42.6 Å². The smallest absolute Gasteiger partial charge is 0.371 e. The number of rotatable bonds is 7. The average molecular weight is 588 g/mol. The molecule has 0 spiro atoms. The number of fused-ring (bicyclic) bond motifs is 8. The zero-order chi connectivity index (χ0) is 29.2. The maximum absolute atomic E-state index is 13.4. The summed E-state index contributed by atoms with van der Waals surface area (Å²) >= 11 is 0. The Morgan fingerprint density at radius 3 is 2.86 bits per heavy atom. The number of nitrogens with zero attached hydrogens (tertiary/aromatic N) is 1. The van der Waals surface area contributed by atoms with Gasteiger partial charge in [-0.3, -0.25) is 9.89 Å². The molecule has 2 heterocycles. The van der Waals surface area contributed by atoms with Crippen molar-refractivity contribution in [2.45, 2.75) is 70.1 Å². The van der Waals surface area contributed by atoms with Crippen LogP contribution in [-0.2, 0) is 41.4 Å². The Balaban J connectivity index is 1.09. The number of carbonyl (C=O) groups is 1. The summed E-state index contributed by atoms with van der Waals surface area (Å²) in [7, 11) is -4.09. The summed E-state index contributed by atoms with van der Waals surface area (Å²) in [6.07, 6.45) is 8.17. The Morgan fingerprint density at radius 1 is 1.21 bits per heavy atom. The molecule has 5 N–H and O–H groups in total. The van der Waals surface area contributed by atoms with Gasteiger partial charge in [0.1, 0.15) is 11.4 Å². The van der Waals surface area contributed by atoms with Crippen molar-refractivity contribution in [3.8, 4) is 5.75 Å². The number of aromatic amines is 2. The van der Waals surface area contributed by atoms with Gasteiger partial charge in [-0.25, -0.2) is 0 Å². The summed E-state index contributed by atoms with van der Waals surface area (Å²) < 4.78 is 28.5. The molecule has 0 aliphatic heterocycles. The van der Waals surface area contributed by atoms with Gasteiger partial charge in [0.25, 0.3) is 5.91 Å². The van der Waals surface area contributed by atoms with Crippen LogP contribution in [-0.4, -0.2) is 36.1 Å². The lowest BCUT2D eigenvalue weighted by Crippen LogP contribution is -2.43. The van der Waals surface area contributed by atoms with Crippen LogP contribution in [0, 0.1) is 11.8 Å². The van der Waals surface area contributed by atoms with E-state index < -0.39 is 10.3 Å². The van der Waals surface area contributed by atoms with Crippen LogP contribution in [0.2, 0.25) is 0 Å². The van der Waals surface area contributed by atoms with Gasteiger partial charge in [-0.15, -0.1) is 0 Å². The second kappa shape index (κ2) is 9.98. The molecule has 4 atom stereocenters. The first-order valence-electron chi connectivity index (χ1n) is 14.9. The second-order valence-corrected chi connectivity index (χ2v) is 13.6. The Labute approximate surface area is 245 Å². The number of hydrogen-bond acceptors (Lipinski definition) is 5. The lowest BCUT2D eigenvalue weighted by atomic mass is 9.55. The minimum absolute atomic E-state index is 0.0721. The molecule has 3 aliphatic carbocycles. The number of amides is 1. The number of para-hydroxylation sites is 1. The Hall–Kier alpha value is -3.63. The number of nitrogens with one attached hydrogen (secondary N) is 3. The molecule has 0 radical (unpaired) electrons. The topological polar surface area (TPSA) is 143 Å². The highest BCUT2D eigenvalue weighted by atomic mass is 32.2. The van der Waals surface area contributed by atoms with Gasteiger partial charge in [0, 0.05) is 34.6 Å². The Morgan fingerprint density at radius 2 is 2.05 bits per heavy atom. The lowest BCUT2D eigenvalue weighted by molar-refractivity contribution is 0.0940. The highest BCUT2D eigenvalue weighted by Crippen LogP contribution is 2.60. The third-order valence-corrected chi connectivity index (χ3v) is 10.7. The van der Waals surface area contributed by atoms with E-state index in [1.165, 1.54) is 16.5 Å². The molecule has 220 valence electrons. The number of aryl methyl sites for hydroxylation is 2. The van der Waals surface area contributed by atoms with E-state index in [4.69, 9.17) is 14.4 Å². The van der Waals surface area contributed by atoms with Crippen molar-refractivity contribution in [2.75, 3.05) is 6.54 Å². The summed E-state index contributed by atoms with van der Waals surface area (Å²) in [6, 6.07) is 12.2. The van der Waals surface area contributed by atoms with Crippen molar-refractivity contribution in [1.82, 2.24) is 20.5 Å². The number of carbonyl (C=O) groups excluding carboxylic acids is 1. The first kappa shape index (κ1) is 27.2. The number of hydrogen-bond donors (Lipinski definition) is 4. The SMILES string of the molecule is CCc1cc2c(cc1OS(N)(=O)=O)CCC1C2CCC2(C)c3n[nH]c(C(=O)NCCc4c[nH]c5ccccc45)c3CC12. The molecule has 1 fully saturated rings. The van der Waals surface area contributed by atoms with Gasteiger partial charge in [0.05, 0.1) is 5.69 Å². The molecule has 0 bridgehead atoms. The molecule has 1 amide bonds. The zero-order valence-corrected chi connectivity index (χ0v) is 24.8. The van der Waals surface area contributed by atoms with Crippen LogP contribution in [0.3, 0.4) is 0 Å². The Bertz CT molecular complexity index is 1810. The van der Waals surface area contributed by atoms with Crippen molar-refractivity contribution in [3.05, 3.63) is 81.8 Å². The van der Waals surface area contributed by atoms with Crippen molar-refractivity contribution in [3.63, 3.8) is 0 Å². The first-order chi connectivity index (χ1) is 20.2. The van der Waals surface area contributed by atoms with Gasteiger partial charge in [-0.05, 0) is 97.1 Å². The Kier molecular flexibility index (Phi) is 6.47.